The van der Waals surface area contributed by atoms with E-state index in [4.69, 9.17) is 5.73 Å². The van der Waals surface area contributed by atoms with Gasteiger partial charge in [0.15, 0.2) is 0 Å². The summed E-state index contributed by atoms with van der Waals surface area (Å²) >= 11 is 0. The molecule has 0 bridgehead atoms. The number of nitrogen functional groups attached to an aromatic ring is 1. The van der Waals surface area contributed by atoms with E-state index in [1.165, 1.54) is 0 Å². The van der Waals surface area contributed by atoms with E-state index in [-0.39, 0.29) is 6.10 Å². The number of β-amino-alcohol motifs (C(OH)–C–C–N with tert-alkyl or cyclic N) is 1. The number of aromatic nitrogens is 1. The summed E-state index contributed by atoms with van der Waals surface area (Å²) in [7, 11) is 4.08. The lowest BCUT2D eigenvalue weighted by Gasteiger charge is -2.28. The van der Waals surface area contributed by atoms with Crippen LogP contribution in [0.4, 0.5) is 11.5 Å². The largest absolute Gasteiger partial charge is 0.398 e. The minimum Gasteiger partial charge on any atom is -0.398 e. The van der Waals surface area contributed by atoms with E-state index in [1.807, 2.05) is 27.1 Å². The minimum absolute atomic E-state index is 0.278. The molecule has 0 amide bonds. The van der Waals surface area contributed by atoms with Crippen molar-refractivity contribution >= 4 is 11.5 Å². The summed E-state index contributed by atoms with van der Waals surface area (Å²) in [5, 5.41) is 9.85. The van der Waals surface area contributed by atoms with Gasteiger partial charge in [-0.3, -0.25) is 0 Å². The first-order valence-electron chi connectivity index (χ1n) is 6.29. The van der Waals surface area contributed by atoms with Crippen LogP contribution in [0.3, 0.4) is 0 Å². The van der Waals surface area contributed by atoms with Crippen molar-refractivity contribution in [3.8, 4) is 0 Å². The lowest BCUT2D eigenvalue weighted by atomic mass is 10.2. The van der Waals surface area contributed by atoms with Crippen LogP contribution < -0.4 is 10.6 Å². The van der Waals surface area contributed by atoms with E-state index >= 15 is 0 Å². The molecule has 2 heterocycles. The SMILES string of the molecule is Cc1cnc(N2CC(O)CC2CN(C)C)cc1N. The van der Waals surface area contributed by atoms with Crippen LogP contribution in [0.15, 0.2) is 12.3 Å². The molecular weight excluding hydrogens is 228 g/mol. The molecule has 1 aliphatic rings. The maximum absolute atomic E-state index is 9.85. The number of hydrogen-bond acceptors (Lipinski definition) is 5. The molecule has 100 valence electrons. The molecule has 2 atom stereocenters. The molecule has 1 fully saturated rings. The third kappa shape index (κ3) is 2.73. The zero-order valence-corrected chi connectivity index (χ0v) is 11.3. The summed E-state index contributed by atoms with van der Waals surface area (Å²) < 4.78 is 0. The molecule has 0 aliphatic carbocycles. The van der Waals surface area contributed by atoms with Crippen molar-refractivity contribution in [2.24, 2.45) is 0 Å². The van der Waals surface area contributed by atoms with Crippen LogP contribution in [0.1, 0.15) is 12.0 Å². The fourth-order valence-corrected chi connectivity index (χ4v) is 2.45. The number of aliphatic hydroxyl groups excluding tert-OH is 1. The van der Waals surface area contributed by atoms with Gasteiger partial charge in [0.2, 0.25) is 0 Å². The monoisotopic (exact) mass is 250 g/mol. The number of hydrogen-bond donors (Lipinski definition) is 2. The Kier molecular flexibility index (Phi) is 3.73. The summed E-state index contributed by atoms with van der Waals surface area (Å²) in [5.41, 5.74) is 7.67. The Morgan fingerprint density at radius 2 is 2.28 bits per heavy atom. The third-order valence-electron chi connectivity index (χ3n) is 3.39. The van der Waals surface area contributed by atoms with Gasteiger partial charge in [0.1, 0.15) is 5.82 Å². The second-order valence-corrected chi connectivity index (χ2v) is 5.36. The molecule has 5 heteroatoms. The Balaban J connectivity index is 2.21. The standard InChI is InChI=1S/C13H22N4O/c1-9-6-15-13(5-12(9)14)17-8-11(18)4-10(17)7-16(2)3/h5-6,10-11,18H,4,7-8H2,1-3H3,(H2,14,15). The Labute approximate surface area is 108 Å². The summed E-state index contributed by atoms with van der Waals surface area (Å²) in [6.07, 6.45) is 2.30. The molecule has 0 aromatic carbocycles. The van der Waals surface area contributed by atoms with Crippen LogP contribution >= 0.6 is 0 Å². The number of likely N-dealkylation sites (N-methyl/N-ethyl adjacent to an activating group) is 1. The van der Waals surface area contributed by atoms with Gasteiger partial charge in [-0.05, 0) is 33.0 Å². The molecule has 0 radical (unpaired) electrons. The maximum atomic E-state index is 9.85. The lowest BCUT2D eigenvalue weighted by molar-refractivity contribution is 0.191. The van der Waals surface area contributed by atoms with Crippen LogP contribution in [-0.4, -0.2) is 54.3 Å². The molecule has 1 aliphatic heterocycles. The average molecular weight is 250 g/mol. The average Bonchev–Trinajstić information content (AvgIpc) is 2.62. The molecular formula is C13H22N4O. The molecule has 0 spiro atoms. The first-order valence-corrected chi connectivity index (χ1v) is 6.29. The van der Waals surface area contributed by atoms with Gasteiger partial charge in [-0.25, -0.2) is 4.98 Å². The van der Waals surface area contributed by atoms with Crippen molar-refractivity contribution in [1.29, 1.82) is 0 Å². The number of pyridine rings is 1. The van der Waals surface area contributed by atoms with Crippen molar-refractivity contribution in [3.05, 3.63) is 17.8 Å². The van der Waals surface area contributed by atoms with Gasteiger partial charge >= 0.3 is 0 Å². The van der Waals surface area contributed by atoms with Gasteiger partial charge in [0.25, 0.3) is 0 Å². The van der Waals surface area contributed by atoms with Gasteiger partial charge < -0.3 is 20.6 Å². The van der Waals surface area contributed by atoms with Gasteiger partial charge in [0, 0.05) is 37.1 Å². The maximum Gasteiger partial charge on any atom is 0.130 e. The van der Waals surface area contributed by atoms with Crippen LogP contribution in [0.5, 0.6) is 0 Å². The van der Waals surface area contributed by atoms with Gasteiger partial charge in [-0.1, -0.05) is 0 Å². The van der Waals surface area contributed by atoms with E-state index < -0.39 is 0 Å². The molecule has 1 aromatic heterocycles. The van der Waals surface area contributed by atoms with Crippen LogP contribution in [0.25, 0.3) is 0 Å². The zero-order valence-electron chi connectivity index (χ0n) is 11.3. The van der Waals surface area contributed by atoms with Gasteiger partial charge in [-0.2, -0.15) is 0 Å². The lowest BCUT2D eigenvalue weighted by Crippen LogP contribution is -2.38. The Morgan fingerprint density at radius 1 is 1.56 bits per heavy atom. The minimum atomic E-state index is -0.278. The third-order valence-corrected chi connectivity index (χ3v) is 3.39. The Hall–Kier alpha value is -1.33. The predicted octanol–water partition coefficient (Wildman–Crippen LogP) is 0.473. The highest BCUT2D eigenvalue weighted by Crippen LogP contribution is 2.26. The van der Waals surface area contributed by atoms with Crippen LogP contribution in [-0.2, 0) is 0 Å². The second-order valence-electron chi connectivity index (χ2n) is 5.36. The Morgan fingerprint density at radius 3 is 2.89 bits per heavy atom. The number of rotatable bonds is 3. The second kappa shape index (κ2) is 5.12. The quantitative estimate of drug-likeness (QED) is 0.816. The molecule has 2 unspecified atom stereocenters. The summed E-state index contributed by atoms with van der Waals surface area (Å²) in [5.74, 6) is 0.863. The number of aliphatic hydroxyl groups is 1. The first kappa shape index (κ1) is 13.1. The zero-order chi connectivity index (χ0) is 13.3. The highest BCUT2D eigenvalue weighted by molar-refractivity contribution is 5.55. The topological polar surface area (TPSA) is 65.6 Å². The molecule has 1 aromatic rings. The highest BCUT2D eigenvalue weighted by Gasteiger charge is 2.32. The fourth-order valence-electron chi connectivity index (χ4n) is 2.45. The van der Waals surface area contributed by atoms with Crippen molar-refractivity contribution in [2.45, 2.75) is 25.5 Å². The first-order chi connectivity index (χ1) is 8.47. The molecule has 3 N–H and O–H groups in total. The van der Waals surface area contributed by atoms with Gasteiger partial charge in [0.05, 0.1) is 6.10 Å². The Bertz CT molecular complexity index is 421. The van der Waals surface area contributed by atoms with Gasteiger partial charge in [-0.15, -0.1) is 0 Å². The normalized spacial score (nSPS) is 23.9. The highest BCUT2D eigenvalue weighted by atomic mass is 16.3. The van der Waals surface area contributed by atoms with E-state index in [2.05, 4.69) is 14.8 Å². The van der Waals surface area contributed by atoms with Crippen LogP contribution in [0.2, 0.25) is 0 Å². The van der Waals surface area contributed by atoms with Crippen LogP contribution in [0, 0.1) is 6.92 Å². The summed E-state index contributed by atoms with van der Waals surface area (Å²) in [4.78, 5) is 8.71. The summed E-state index contributed by atoms with van der Waals surface area (Å²) in [6, 6.07) is 2.19. The smallest absolute Gasteiger partial charge is 0.130 e. The van der Waals surface area contributed by atoms with Crippen molar-refractivity contribution < 1.29 is 5.11 Å². The van der Waals surface area contributed by atoms with Crippen molar-refractivity contribution in [2.75, 3.05) is 37.8 Å². The molecule has 5 nitrogen and oxygen atoms in total. The van der Waals surface area contributed by atoms with Crippen molar-refractivity contribution in [1.82, 2.24) is 9.88 Å². The number of nitrogens with zero attached hydrogens (tertiary/aromatic N) is 3. The molecule has 18 heavy (non-hydrogen) atoms. The number of aryl methyl sites for hydroxylation is 1. The number of anilines is 2. The molecule has 2 rings (SSSR count). The fraction of sp³-hybridized carbons (Fsp3) is 0.615. The van der Waals surface area contributed by atoms with Crippen molar-refractivity contribution in [3.63, 3.8) is 0 Å². The van der Waals surface area contributed by atoms with E-state index in [0.29, 0.717) is 12.6 Å². The predicted molar refractivity (Wildman–Crippen MR) is 73.7 cm³/mol. The van der Waals surface area contributed by atoms with E-state index in [1.54, 1.807) is 6.20 Å². The number of nitrogens with two attached hydrogens (primary N) is 1. The molecule has 1 saturated heterocycles. The van der Waals surface area contributed by atoms with E-state index in [0.717, 1.165) is 30.0 Å². The molecule has 0 saturated carbocycles. The summed E-state index contributed by atoms with van der Waals surface area (Å²) in [6.45, 7) is 3.49. The van der Waals surface area contributed by atoms with E-state index in [9.17, 15) is 5.11 Å².